The van der Waals surface area contributed by atoms with Crippen LogP contribution >= 0.6 is 0 Å². The van der Waals surface area contributed by atoms with Gasteiger partial charge in [0.15, 0.2) is 0 Å². The largest absolute Gasteiger partial charge is 0.368 e. The third-order valence-electron chi connectivity index (χ3n) is 5.16. The third-order valence-corrected chi connectivity index (χ3v) is 5.16. The van der Waals surface area contributed by atoms with Crippen LogP contribution in [0.1, 0.15) is 25.8 Å². The third kappa shape index (κ3) is 5.16. The summed E-state index contributed by atoms with van der Waals surface area (Å²) >= 11 is 0. The molecule has 2 N–H and O–H groups in total. The van der Waals surface area contributed by atoms with Gasteiger partial charge < -0.3 is 20.4 Å². The number of hydrogen-bond donors (Lipinski definition) is 2. The average Bonchev–Trinajstić information content (AvgIpc) is 2.69. The Morgan fingerprint density at radius 1 is 0.926 bits per heavy atom. The second-order valence-corrected chi connectivity index (χ2v) is 7.26. The number of carbonyl (C=O) groups excluding carboxylic acids is 1. The maximum atomic E-state index is 11.9. The van der Waals surface area contributed by atoms with Crippen LogP contribution in [-0.4, -0.2) is 38.3 Å². The Balaban J connectivity index is 1.52. The molecular formula is C22H30N4O. The summed E-state index contributed by atoms with van der Waals surface area (Å²) in [5, 5.41) is 5.81. The Bertz CT molecular complexity index is 734. The lowest BCUT2D eigenvalue weighted by Crippen LogP contribution is -2.46. The number of piperazine rings is 1. The van der Waals surface area contributed by atoms with Crippen molar-refractivity contribution < 1.29 is 4.79 Å². The molecule has 3 rings (SSSR count). The number of hydrogen-bond acceptors (Lipinski definition) is 3. The molecule has 0 aliphatic carbocycles. The van der Waals surface area contributed by atoms with E-state index < -0.39 is 0 Å². The molecule has 0 aromatic heterocycles. The second-order valence-electron chi connectivity index (χ2n) is 7.26. The SMILES string of the molecule is CCC(C)NC(=O)Nc1ccc(N2CCN(c3ccc(C)cc3)CC2)cc1. The molecule has 0 radical (unpaired) electrons. The Morgan fingerprint density at radius 2 is 1.41 bits per heavy atom. The number of amides is 2. The van der Waals surface area contributed by atoms with Crippen molar-refractivity contribution in [3.8, 4) is 0 Å². The number of carbonyl (C=O) groups is 1. The number of nitrogens with zero attached hydrogens (tertiary/aromatic N) is 2. The molecule has 1 fully saturated rings. The molecule has 1 heterocycles. The van der Waals surface area contributed by atoms with E-state index >= 15 is 0 Å². The molecule has 2 aromatic carbocycles. The van der Waals surface area contributed by atoms with Crippen molar-refractivity contribution in [1.29, 1.82) is 0 Å². The van der Waals surface area contributed by atoms with Crippen LogP contribution in [0.15, 0.2) is 48.5 Å². The van der Waals surface area contributed by atoms with Gasteiger partial charge in [-0.2, -0.15) is 0 Å². The summed E-state index contributed by atoms with van der Waals surface area (Å²) in [5.74, 6) is 0. The van der Waals surface area contributed by atoms with Crippen molar-refractivity contribution in [1.82, 2.24) is 5.32 Å². The Labute approximate surface area is 162 Å². The minimum Gasteiger partial charge on any atom is -0.368 e. The standard InChI is InChI=1S/C22H30N4O/c1-4-18(3)23-22(27)24-19-7-11-21(12-8-19)26-15-13-25(14-16-26)20-9-5-17(2)6-10-20/h5-12,18H,4,13-16H2,1-3H3,(H2,23,24,27). The number of nitrogens with one attached hydrogen (secondary N) is 2. The molecule has 0 saturated carbocycles. The fraction of sp³-hybridized carbons (Fsp3) is 0.409. The summed E-state index contributed by atoms with van der Waals surface area (Å²) in [4.78, 5) is 16.8. The van der Waals surface area contributed by atoms with Crippen molar-refractivity contribution in [2.45, 2.75) is 33.2 Å². The zero-order chi connectivity index (χ0) is 19.2. The first-order valence-corrected chi connectivity index (χ1v) is 9.79. The van der Waals surface area contributed by atoms with E-state index in [0.29, 0.717) is 0 Å². The molecule has 5 heteroatoms. The van der Waals surface area contributed by atoms with Gasteiger partial charge in [-0.1, -0.05) is 24.6 Å². The van der Waals surface area contributed by atoms with Gasteiger partial charge in [0.05, 0.1) is 0 Å². The van der Waals surface area contributed by atoms with Crippen LogP contribution in [0.4, 0.5) is 21.9 Å². The minimum absolute atomic E-state index is 0.149. The van der Waals surface area contributed by atoms with Crippen LogP contribution in [0.3, 0.4) is 0 Å². The van der Waals surface area contributed by atoms with Gasteiger partial charge in [0.1, 0.15) is 0 Å². The van der Waals surface area contributed by atoms with Crippen molar-refractivity contribution in [3.05, 3.63) is 54.1 Å². The highest BCUT2D eigenvalue weighted by Gasteiger charge is 2.17. The van der Waals surface area contributed by atoms with E-state index in [9.17, 15) is 4.79 Å². The fourth-order valence-corrected chi connectivity index (χ4v) is 3.23. The van der Waals surface area contributed by atoms with E-state index in [1.807, 2.05) is 19.1 Å². The van der Waals surface area contributed by atoms with Gasteiger partial charge in [-0.25, -0.2) is 4.79 Å². The zero-order valence-corrected chi connectivity index (χ0v) is 16.5. The lowest BCUT2D eigenvalue weighted by molar-refractivity contribution is 0.249. The first kappa shape index (κ1) is 19.1. The van der Waals surface area contributed by atoms with E-state index in [2.05, 4.69) is 70.7 Å². The summed E-state index contributed by atoms with van der Waals surface area (Å²) in [6.07, 6.45) is 0.918. The quantitative estimate of drug-likeness (QED) is 0.832. The summed E-state index contributed by atoms with van der Waals surface area (Å²) in [6.45, 7) is 10.2. The first-order valence-electron chi connectivity index (χ1n) is 9.79. The van der Waals surface area contributed by atoms with E-state index in [1.165, 1.54) is 16.9 Å². The van der Waals surface area contributed by atoms with Gasteiger partial charge in [0.2, 0.25) is 0 Å². The second kappa shape index (κ2) is 8.80. The topological polar surface area (TPSA) is 47.6 Å². The maximum absolute atomic E-state index is 11.9. The Morgan fingerprint density at radius 3 is 1.89 bits per heavy atom. The number of rotatable bonds is 5. The summed E-state index contributed by atoms with van der Waals surface area (Å²) in [5.41, 5.74) is 4.61. The molecule has 2 aromatic rings. The molecule has 27 heavy (non-hydrogen) atoms. The molecule has 2 amide bonds. The molecule has 1 saturated heterocycles. The normalized spacial score (nSPS) is 15.4. The van der Waals surface area contributed by atoms with Crippen molar-refractivity contribution in [2.24, 2.45) is 0 Å². The predicted molar refractivity (Wildman–Crippen MR) is 114 cm³/mol. The van der Waals surface area contributed by atoms with E-state index in [0.717, 1.165) is 38.3 Å². The Hall–Kier alpha value is -2.69. The van der Waals surface area contributed by atoms with Crippen LogP contribution in [0, 0.1) is 6.92 Å². The van der Waals surface area contributed by atoms with Crippen molar-refractivity contribution in [3.63, 3.8) is 0 Å². The molecule has 1 aliphatic rings. The highest BCUT2D eigenvalue weighted by molar-refractivity contribution is 5.89. The van der Waals surface area contributed by atoms with Gasteiger partial charge in [0.25, 0.3) is 0 Å². The monoisotopic (exact) mass is 366 g/mol. The smallest absolute Gasteiger partial charge is 0.319 e. The molecule has 5 nitrogen and oxygen atoms in total. The maximum Gasteiger partial charge on any atom is 0.319 e. The Kier molecular flexibility index (Phi) is 6.22. The van der Waals surface area contributed by atoms with Gasteiger partial charge in [-0.05, 0) is 56.7 Å². The van der Waals surface area contributed by atoms with Gasteiger partial charge in [-0.15, -0.1) is 0 Å². The molecule has 1 aliphatic heterocycles. The van der Waals surface area contributed by atoms with E-state index in [4.69, 9.17) is 0 Å². The highest BCUT2D eigenvalue weighted by atomic mass is 16.2. The summed E-state index contributed by atoms with van der Waals surface area (Å²) in [6, 6.07) is 16.9. The molecule has 1 atom stereocenters. The van der Waals surface area contributed by atoms with E-state index in [-0.39, 0.29) is 12.1 Å². The lowest BCUT2D eigenvalue weighted by atomic mass is 10.2. The number of urea groups is 1. The summed E-state index contributed by atoms with van der Waals surface area (Å²) < 4.78 is 0. The molecule has 0 bridgehead atoms. The van der Waals surface area contributed by atoms with Crippen LogP contribution in [0.25, 0.3) is 0 Å². The molecular weight excluding hydrogens is 336 g/mol. The molecule has 144 valence electrons. The van der Waals surface area contributed by atoms with E-state index in [1.54, 1.807) is 0 Å². The fourth-order valence-electron chi connectivity index (χ4n) is 3.23. The highest BCUT2D eigenvalue weighted by Crippen LogP contribution is 2.22. The van der Waals surface area contributed by atoms with Gasteiger partial charge in [0, 0.05) is 49.3 Å². The predicted octanol–water partition coefficient (Wildman–Crippen LogP) is 4.24. The van der Waals surface area contributed by atoms with Crippen molar-refractivity contribution in [2.75, 3.05) is 41.3 Å². The number of benzene rings is 2. The molecule has 0 spiro atoms. The minimum atomic E-state index is -0.149. The lowest BCUT2D eigenvalue weighted by Gasteiger charge is -2.37. The summed E-state index contributed by atoms with van der Waals surface area (Å²) in [7, 11) is 0. The molecule has 1 unspecified atom stereocenters. The van der Waals surface area contributed by atoms with Crippen LogP contribution < -0.4 is 20.4 Å². The average molecular weight is 367 g/mol. The first-order chi connectivity index (χ1) is 13.0. The number of aryl methyl sites for hydroxylation is 1. The zero-order valence-electron chi connectivity index (χ0n) is 16.5. The van der Waals surface area contributed by atoms with Crippen molar-refractivity contribution >= 4 is 23.1 Å². The van der Waals surface area contributed by atoms with Gasteiger partial charge >= 0.3 is 6.03 Å². The van der Waals surface area contributed by atoms with Crippen LogP contribution in [0.2, 0.25) is 0 Å². The number of anilines is 3. The van der Waals surface area contributed by atoms with Crippen LogP contribution in [-0.2, 0) is 0 Å². The van der Waals surface area contributed by atoms with Gasteiger partial charge in [-0.3, -0.25) is 0 Å². The van der Waals surface area contributed by atoms with Crippen LogP contribution in [0.5, 0.6) is 0 Å².